The smallest absolute Gasteiger partial charge is 0.155 e. The molecular weight excluding hydrogens is 148 g/mol. The predicted molar refractivity (Wildman–Crippen MR) is 48.9 cm³/mol. The van der Waals surface area contributed by atoms with Crippen molar-refractivity contribution in [1.29, 1.82) is 0 Å². The molecule has 1 saturated carbocycles. The quantitative estimate of drug-likeness (QED) is 0.582. The van der Waals surface area contributed by atoms with Gasteiger partial charge in [0.25, 0.3) is 0 Å². The van der Waals surface area contributed by atoms with Crippen LogP contribution in [-0.2, 0) is 4.79 Å². The second-order valence-corrected chi connectivity index (χ2v) is 4.04. The zero-order valence-corrected chi connectivity index (χ0v) is 7.73. The van der Waals surface area contributed by atoms with E-state index >= 15 is 0 Å². The summed E-state index contributed by atoms with van der Waals surface area (Å²) in [7, 11) is 0. The van der Waals surface area contributed by atoms with Gasteiger partial charge in [0.15, 0.2) is 5.78 Å². The Morgan fingerprint density at radius 3 is 2.83 bits per heavy atom. The van der Waals surface area contributed by atoms with Gasteiger partial charge in [-0.25, -0.2) is 0 Å². The number of fused-ring (bicyclic) bond motifs is 1. The van der Waals surface area contributed by atoms with Gasteiger partial charge in [-0.3, -0.25) is 4.79 Å². The summed E-state index contributed by atoms with van der Waals surface area (Å²) in [6.07, 6.45) is 7.55. The highest BCUT2D eigenvalue weighted by Crippen LogP contribution is 2.41. The predicted octanol–water partition coefficient (Wildman–Crippen LogP) is 2.86. The van der Waals surface area contributed by atoms with Crippen LogP contribution in [0.2, 0.25) is 0 Å². The van der Waals surface area contributed by atoms with Crippen LogP contribution in [0.5, 0.6) is 0 Å². The number of carbonyl (C=O) groups is 1. The van der Waals surface area contributed by atoms with Crippen LogP contribution in [0.1, 0.15) is 45.4 Å². The summed E-state index contributed by atoms with van der Waals surface area (Å²) in [4.78, 5) is 11.2. The molecule has 0 aromatic rings. The molecular formula is C11H16O. The monoisotopic (exact) mass is 164 g/mol. The van der Waals surface area contributed by atoms with Crippen LogP contribution >= 0.6 is 0 Å². The largest absolute Gasteiger partial charge is 0.295 e. The third-order valence-corrected chi connectivity index (χ3v) is 3.30. The second-order valence-electron chi connectivity index (χ2n) is 4.04. The molecule has 0 heterocycles. The summed E-state index contributed by atoms with van der Waals surface area (Å²) in [6, 6.07) is 0. The zero-order chi connectivity index (χ0) is 8.55. The Bertz CT molecular complexity index is 237. The van der Waals surface area contributed by atoms with Crippen molar-refractivity contribution in [2.75, 3.05) is 0 Å². The Morgan fingerprint density at radius 2 is 2.08 bits per heavy atom. The van der Waals surface area contributed by atoms with Gasteiger partial charge in [0.1, 0.15) is 0 Å². The van der Waals surface area contributed by atoms with E-state index in [-0.39, 0.29) is 0 Å². The maximum absolute atomic E-state index is 11.2. The molecule has 1 unspecified atom stereocenters. The molecule has 0 spiro atoms. The SMILES string of the molecule is CC(=O)C1=C2CCCCC2CC1. The van der Waals surface area contributed by atoms with E-state index in [0.29, 0.717) is 5.78 Å². The number of allylic oxidation sites excluding steroid dienone is 2. The lowest BCUT2D eigenvalue weighted by atomic mass is 9.85. The van der Waals surface area contributed by atoms with E-state index in [4.69, 9.17) is 0 Å². The second kappa shape index (κ2) is 3.04. The molecule has 0 bridgehead atoms. The fourth-order valence-corrected chi connectivity index (χ4v) is 2.68. The van der Waals surface area contributed by atoms with Crippen molar-refractivity contribution in [3.8, 4) is 0 Å². The van der Waals surface area contributed by atoms with E-state index in [1.165, 1.54) is 43.3 Å². The standard InChI is InChI=1S/C11H16O/c1-8(12)10-7-6-9-4-2-3-5-11(9)10/h9H,2-7H2,1H3. The van der Waals surface area contributed by atoms with Gasteiger partial charge in [-0.05, 0) is 50.5 Å². The van der Waals surface area contributed by atoms with E-state index in [1.54, 1.807) is 6.92 Å². The third kappa shape index (κ3) is 1.21. The van der Waals surface area contributed by atoms with E-state index in [1.807, 2.05) is 0 Å². The summed E-state index contributed by atoms with van der Waals surface area (Å²) in [6.45, 7) is 1.72. The minimum absolute atomic E-state index is 0.328. The van der Waals surface area contributed by atoms with E-state index in [2.05, 4.69) is 0 Å². The van der Waals surface area contributed by atoms with Crippen molar-refractivity contribution < 1.29 is 4.79 Å². The Morgan fingerprint density at radius 1 is 1.25 bits per heavy atom. The minimum Gasteiger partial charge on any atom is -0.295 e. The van der Waals surface area contributed by atoms with Crippen molar-refractivity contribution in [3.63, 3.8) is 0 Å². The zero-order valence-electron chi connectivity index (χ0n) is 7.73. The molecule has 1 fully saturated rings. The molecule has 0 aromatic heterocycles. The summed E-state index contributed by atoms with van der Waals surface area (Å²) in [5.41, 5.74) is 2.70. The molecule has 2 aliphatic carbocycles. The van der Waals surface area contributed by atoms with Crippen LogP contribution in [-0.4, -0.2) is 5.78 Å². The fraction of sp³-hybridized carbons (Fsp3) is 0.727. The van der Waals surface area contributed by atoms with E-state index < -0.39 is 0 Å². The molecule has 0 radical (unpaired) electrons. The minimum atomic E-state index is 0.328. The van der Waals surface area contributed by atoms with Gasteiger partial charge in [-0.1, -0.05) is 12.0 Å². The van der Waals surface area contributed by atoms with E-state index in [9.17, 15) is 4.79 Å². The lowest BCUT2D eigenvalue weighted by Crippen LogP contribution is -2.07. The van der Waals surface area contributed by atoms with Gasteiger partial charge in [0.2, 0.25) is 0 Å². The van der Waals surface area contributed by atoms with Crippen LogP contribution in [0.4, 0.5) is 0 Å². The molecule has 0 amide bonds. The fourth-order valence-electron chi connectivity index (χ4n) is 2.68. The van der Waals surface area contributed by atoms with Gasteiger partial charge >= 0.3 is 0 Å². The number of hydrogen-bond donors (Lipinski definition) is 0. The number of Topliss-reactive ketones (excluding diaryl/α,β-unsaturated/α-hetero) is 1. The average Bonchev–Trinajstić information content (AvgIpc) is 2.47. The van der Waals surface area contributed by atoms with Crippen LogP contribution < -0.4 is 0 Å². The van der Waals surface area contributed by atoms with Gasteiger partial charge in [-0.2, -0.15) is 0 Å². The first kappa shape index (κ1) is 8.03. The molecule has 1 nitrogen and oxygen atoms in total. The summed E-state index contributed by atoms with van der Waals surface area (Å²) < 4.78 is 0. The molecule has 0 aliphatic heterocycles. The Kier molecular flexibility index (Phi) is 2.03. The lowest BCUT2D eigenvalue weighted by Gasteiger charge is -2.20. The van der Waals surface area contributed by atoms with Crippen LogP contribution in [0.15, 0.2) is 11.1 Å². The highest BCUT2D eigenvalue weighted by Gasteiger charge is 2.28. The van der Waals surface area contributed by atoms with Gasteiger partial charge in [-0.15, -0.1) is 0 Å². The summed E-state index contributed by atoms with van der Waals surface area (Å²) in [5, 5.41) is 0. The first-order valence-corrected chi connectivity index (χ1v) is 5.02. The molecule has 12 heavy (non-hydrogen) atoms. The highest BCUT2D eigenvalue weighted by molar-refractivity contribution is 5.94. The normalized spacial score (nSPS) is 28.9. The van der Waals surface area contributed by atoms with Crippen LogP contribution in [0, 0.1) is 5.92 Å². The van der Waals surface area contributed by atoms with Crippen molar-refractivity contribution in [2.45, 2.75) is 45.4 Å². The number of rotatable bonds is 1. The van der Waals surface area contributed by atoms with Gasteiger partial charge in [0.05, 0.1) is 0 Å². The molecule has 0 aromatic carbocycles. The Balaban J connectivity index is 2.25. The van der Waals surface area contributed by atoms with E-state index in [0.717, 1.165) is 12.3 Å². The molecule has 0 N–H and O–H groups in total. The topological polar surface area (TPSA) is 17.1 Å². The molecule has 2 aliphatic rings. The highest BCUT2D eigenvalue weighted by atomic mass is 16.1. The molecule has 2 rings (SSSR count). The summed E-state index contributed by atoms with van der Waals surface area (Å²) >= 11 is 0. The first-order valence-electron chi connectivity index (χ1n) is 5.02. The van der Waals surface area contributed by atoms with Gasteiger partial charge in [0, 0.05) is 0 Å². The van der Waals surface area contributed by atoms with Crippen molar-refractivity contribution in [1.82, 2.24) is 0 Å². The Labute approximate surface area is 73.8 Å². The number of hydrogen-bond acceptors (Lipinski definition) is 1. The van der Waals surface area contributed by atoms with Crippen molar-refractivity contribution >= 4 is 5.78 Å². The average molecular weight is 164 g/mol. The van der Waals surface area contributed by atoms with Crippen molar-refractivity contribution in [3.05, 3.63) is 11.1 Å². The Hall–Kier alpha value is -0.590. The van der Waals surface area contributed by atoms with Crippen LogP contribution in [0.25, 0.3) is 0 Å². The third-order valence-electron chi connectivity index (χ3n) is 3.30. The van der Waals surface area contributed by atoms with Crippen LogP contribution in [0.3, 0.4) is 0 Å². The van der Waals surface area contributed by atoms with Crippen molar-refractivity contribution in [2.24, 2.45) is 5.92 Å². The molecule has 0 saturated heterocycles. The first-order chi connectivity index (χ1) is 5.79. The molecule has 1 atom stereocenters. The number of carbonyl (C=O) groups excluding carboxylic acids is 1. The maximum Gasteiger partial charge on any atom is 0.155 e. The molecule has 1 heteroatoms. The lowest BCUT2D eigenvalue weighted by molar-refractivity contribution is -0.113. The summed E-state index contributed by atoms with van der Waals surface area (Å²) in [5.74, 6) is 1.12. The molecule has 66 valence electrons. The van der Waals surface area contributed by atoms with Gasteiger partial charge < -0.3 is 0 Å². The number of ketones is 1. The maximum atomic E-state index is 11.2.